The lowest BCUT2D eigenvalue weighted by Crippen LogP contribution is -1.98. The van der Waals surface area contributed by atoms with Gasteiger partial charge in [-0.25, -0.2) is 9.78 Å². The highest BCUT2D eigenvalue weighted by Gasteiger charge is 2.08. The fraction of sp³-hybridized carbons (Fsp3) is 0.0556. The van der Waals surface area contributed by atoms with Crippen molar-refractivity contribution < 1.29 is 14.6 Å². The Morgan fingerprint density at radius 2 is 1.78 bits per heavy atom. The van der Waals surface area contributed by atoms with Crippen molar-refractivity contribution in [3.05, 3.63) is 72.1 Å². The molecule has 0 saturated carbocycles. The average Bonchev–Trinajstić information content (AvgIpc) is 2.55. The van der Waals surface area contributed by atoms with E-state index in [1.807, 2.05) is 30.3 Å². The molecule has 0 bridgehead atoms. The number of carboxylic acids is 1. The highest BCUT2D eigenvalue weighted by atomic mass is 16.5. The summed E-state index contributed by atoms with van der Waals surface area (Å²) in [5.74, 6) is 0.371. The maximum absolute atomic E-state index is 11.0. The van der Waals surface area contributed by atoms with Crippen molar-refractivity contribution in [2.24, 2.45) is 0 Å². The van der Waals surface area contributed by atoms with Gasteiger partial charge in [0.05, 0.1) is 11.3 Å². The topological polar surface area (TPSA) is 72.3 Å². The Morgan fingerprint density at radius 3 is 2.52 bits per heavy atom. The number of carboxylic acid groups (broad SMARTS) is 1. The number of rotatable bonds is 4. The molecule has 23 heavy (non-hydrogen) atoms. The molecule has 0 unspecified atom stereocenters. The molecule has 0 fully saturated rings. The van der Waals surface area contributed by atoms with Crippen LogP contribution >= 0.6 is 0 Å². The summed E-state index contributed by atoms with van der Waals surface area (Å²) in [4.78, 5) is 19.7. The summed E-state index contributed by atoms with van der Waals surface area (Å²) in [6, 6.07) is 17.7. The van der Waals surface area contributed by atoms with Gasteiger partial charge in [-0.3, -0.25) is 0 Å². The first-order valence-corrected chi connectivity index (χ1v) is 7.04. The third-order valence-electron chi connectivity index (χ3n) is 3.19. The molecular formula is C18H14N2O3. The number of nitrogens with zero attached hydrogens (tertiary/aromatic N) is 2. The molecule has 0 spiro atoms. The monoisotopic (exact) mass is 306 g/mol. The summed E-state index contributed by atoms with van der Waals surface area (Å²) in [5, 5.41) is 9.03. The molecule has 0 radical (unpaired) electrons. The number of carbonyl (C=O) groups is 1. The van der Waals surface area contributed by atoms with Crippen LogP contribution in [-0.2, 0) is 0 Å². The Bertz CT molecular complexity index is 848. The summed E-state index contributed by atoms with van der Waals surface area (Å²) >= 11 is 0. The second kappa shape index (κ2) is 6.27. The van der Waals surface area contributed by atoms with E-state index in [9.17, 15) is 4.79 Å². The van der Waals surface area contributed by atoms with E-state index in [4.69, 9.17) is 9.84 Å². The summed E-state index contributed by atoms with van der Waals surface area (Å²) in [6.07, 6.45) is 0. The lowest BCUT2D eigenvalue weighted by molar-refractivity contribution is 0.0696. The molecule has 2 aromatic carbocycles. The highest BCUT2D eigenvalue weighted by molar-refractivity contribution is 5.88. The van der Waals surface area contributed by atoms with Gasteiger partial charge in [-0.2, -0.15) is 4.98 Å². The fourth-order valence-corrected chi connectivity index (χ4v) is 2.16. The van der Waals surface area contributed by atoms with Gasteiger partial charge in [0.15, 0.2) is 0 Å². The molecule has 0 aliphatic rings. The standard InChI is InChI=1S/C18H14N2O3/c1-12-19-16(13-6-3-2-4-7-13)11-17(20-12)23-15-9-5-8-14(10-15)18(21)22/h2-11H,1H3,(H,21,22). The van der Waals surface area contributed by atoms with Crippen molar-refractivity contribution in [3.8, 4) is 22.9 Å². The Hall–Kier alpha value is -3.21. The first-order valence-electron chi connectivity index (χ1n) is 7.04. The number of benzene rings is 2. The molecule has 114 valence electrons. The molecule has 5 heteroatoms. The zero-order chi connectivity index (χ0) is 16.2. The van der Waals surface area contributed by atoms with E-state index >= 15 is 0 Å². The Morgan fingerprint density at radius 1 is 1.00 bits per heavy atom. The molecule has 1 aromatic heterocycles. The predicted molar refractivity (Wildman–Crippen MR) is 85.7 cm³/mol. The van der Waals surface area contributed by atoms with Crippen molar-refractivity contribution >= 4 is 5.97 Å². The van der Waals surface area contributed by atoms with Crippen LogP contribution in [-0.4, -0.2) is 21.0 Å². The van der Waals surface area contributed by atoms with Crippen LogP contribution in [0.4, 0.5) is 0 Å². The van der Waals surface area contributed by atoms with E-state index < -0.39 is 5.97 Å². The Balaban J connectivity index is 1.93. The summed E-state index contributed by atoms with van der Waals surface area (Å²) in [7, 11) is 0. The normalized spacial score (nSPS) is 10.3. The minimum absolute atomic E-state index is 0.163. The van der Waals surface area contributed by atoms with E-state index in [0.29, 0.717) is 17.5 Å². The van der Waals surface area contributed by atoms with E-state index in [1.165, 1.54) is 12.1 Å². The van der Waals surface area contributed by atoms with Gasteiger partial charge in [-0.1, -0.05) is 36.4 Å². The molecule has 1 N–H and O–H groups in total. The molecular weight excluding hydrogens is 292 g/mol. The van der Waals surface area contributed by atoms with Gasteiger partial charge in [-0.05, 0) is 25.1 Å². The predicted octanol–water partition coefficient (Wildman–Crippen LogP) is 3.94. The van der Waals surface area contributed by atoms with Crippen molar-refractivity contribution in [2.45, 2.75) is 6.92 Å². The molecule has 0 atom stereocenters. The summed E-state index contributed by atoms with van der Waals surface area (Å²) < 4.78 is 5.70. The second-order valence-corrected chi connectivity index (χ2v) is 4.94. The molecule has 3 rings (SSSR count). The van der Waals surface area contributed by atoms with Crippen LogP contribution in [0.1, 0.15) is 16.2 Å². The molecule has 0 saturated heterocycles. The van der Waals surface area contributed by atoms with Crippen LogP contribution in [0.25, 0.3) is 11.3 Å². The van der Waals surface area contributed by atoms with Crippen LogP contribution < -0.4 is 4.74 Å². The number of ether oxygens (including phenoxy) is 1. The van der Waals surface area contributed by atoms with Gasteiger partial charge in [0.25, 0.3) is 0 Å². The quantitative estimate of drug-likeness (QED) is 0.790. The first kappa shape index (κ1) is 14.7. The third kappa shape index (κ3) is 3.52. The number of aromatic carboxylic acids is 1. The van der Waals surface area contributed by atoms with Gasteiger partial charge in [-0.15, -0.1) is 0 Å². The zero-order valence-corrected chi connectivity index (χ0v) is 12.4. The minimum atomic E-state index is -1.00. The number of hydrogen-bond acceptors (Lipinski definition) is 4. The molecule has 0 amide bonds. The van der Waals surface area contributed by atoms with Gasteiger partial charge in [0.1, 0.15) is 11.6 Å². The largest absolute Gasteiger partial charge is 0.478 e. The van der Waals surface area contributed by atoms with Crippen LogP contribution in [0, 0.1) is 6.92 Å². The lowest BCUT2D eigenvalue weighted by atomic mass is 10.1. The SMILES string of the molecule is Cc1nc(Oc2cccc(C(=O)O)c2)cc(-c2ccccc2)n1. The lowest BCUT2D eigenvalue weighted by Gasteiger charge is -2.08. The number of hydrogen-bond donors (Lipinski definition) is 1. The molecule has 0 aliphatic heterocycles. The van der Waals surface area contributed by atoms with Crippen LogP contribution in [0.2, 0.25) is 0 Å². The minimum Gasteiger partial charge on any atom is -0.478 e. The Labute approximate surface area is 133 Å². The van der Waals surface area contributed by atoms with Gasteiger partial charge in [0.2, 0.25) is 5.88 Å². The molecule has 3 aromatic rings. The second-order valence-electron chi connectivity index (χ2n) is 4.94. The molecule has 1 heterocycles. The van der Waals surface area contributed by atoms with Gasteiger partial charge in [0, 0.05) is 11.6 Å². The average molecular weight is 306 g/mol. The van der Waals surface area contributed by atoms with Crippen molar-refractivity contribution in [3.63, 3.8) is 0 Å². The van der Waals surface area contributed by atoms with E-state index in [0.717, 1.165) is 11.3 Å². The van der Waals surface area contributed by atoms with Gasteiger partial charge >= 0.3 is 5.97 Å². The number of aromatic nitrogens is 2. The summed E-state index contributed by atoms with van der Waals surface area (Å²) in [6.45, 7) is 1.78. The van der Waals surface area contributed by atoms with Crippen molar-refractivity contribution in [1.29, 1.82) is 0 Å². The highest BCUT2D eigenvalue weighted by Crippen LogP contribution is 2.25. The van der Waals surface area contributed by atoms with Gasteiger partial charge < -0.3 is 9.84 Å². The van der Waals surface area contributed by atoms with Crippen molar-refractivity contribution in [1.82, 2.24) is 9.97 Å². The molecule has 5 nitrogen and oxygen atoms in total. The van der Waals surface area contributed by atoms with Crippen molar-refractivity contribution in [2.75, 3.05) is 0 Å². The van der Waals surface area contributed by atoms with E-state index in [1.54, 1.807) is 25.1 Å². The molecule has 0 aliphatic carbocycles. The maximum atomic E-state index is 11.0. The summed E-state index contributed by atoms with van der Waals surface area (Å²) in [5.41, 5.74) is 1.88. The maximum Gasteiger partial charge on any atom is 0.335 e. The smallest absolute Gasteiger partial charge is 0.335 e. The van der Waals surface area contributed by atoms with E-state index in [-0.39, 0.29) is 5.56 Å². The number of aryl methyl sites for hydroxylation is 1. The van der Waals surface area contributed by atoms with Crippen LogP contribution in [0.15, 0.2) is 60.7 Å². The zero-order valence-electron chi connectivity index (χ0n) is 12.4. The third-order valence-corrected chi connectivity index (χ3v) is 3.19. The van der Waals surface area contributed by atoms with Crippen LogP contribution in [0.3, 0.4) is 0 Å². The van der Waals surface area contributed by atoms with E-state index in [2.05, 4.69) is 9.97 Å². The fourth-order valence-electron chi connectivity index (χ4n) is 2.16. The Kier molecular flexibility index (Phi) is 4.01. The first-order chi connectivity index (χ1) is 11.1. The van der Waals surface area contributed by atoms with Crippen LogP contribution in [0.5, 0.6) is 11.6 Å².